The molecule has 0 radical (unpaired) electrons. The second kappa shape index (κ2) is 6.22. The standard InChI is InChI=1S/C17H13ClN2O3S/c1-2-20-8-12(17(22)23)15(21)11-7-13(24-16(11)20)14(19)9-3-5-10(18)6-4-9/h3-8,19H,2H2,1H3,(H,22,23). The van der Waals surface area contributed by atoms with E-state index < -0.39 is 11.4 Å². The van der Waals surface area contributed by atoms with Crippen LogP contribution in [0.4, 0.5) is 0 Å². The smallest absolute Gasteiger partial charge is 0.341 e. The summed E-state index contributed by atoms with van der Waals surface area (Å²) in [7, 11) is 0. The summed E-state index contributed by atoms with van der Waals surface area (Å²) in [5.41, 5.74) is 0.173. The molecule has 24 heavy (non-hydrogen) atoms. The summed E-state index contributed by atoms with van der Waals surface area (Å²) in [4.78, 5) is 24.9. The minimum Gasteiger partial charge on any atom is -0.477 e. The molecule has 2 aromatic heterocycles. The summed E-state index contributed by atoms with van der Waals surface area (Å²) in [6.45, 7) is 2.41. The lowest BCUT2D eigenvalue weighted by atomic mass is 10.1. The molecule has 0 aliphatic heterocycles. The highest BCUT2D eigenvalue weighted by molar-refractivity contribution is 7.20. The topological polar surface area (TPSA) is 83.2 Å². The molecular weight excluding hydrogens is 348 g/mol. The molecule has 0 atom stereocenters. The van der Waals surface area contributed by atoms with E-state index in [0.29, 0.717) is 32.2 Å². The van der Waals surface area contributed by atoms with Gasteiger partial charge in [0.15, 0.2) is 0 Å². The highest BCUT2D eigenvalue weighted by Gasteiger charge is 2.18. The number of hydrogen-bond donors (Lipinski definition) is 2. The molecule has 0 unspecified atom stereocenters. The van der Waals surface area contributed by atoms with E-state index >= 15 is 0 Å². The van der Waals surface area contributed by atoms with E-state index in [-0.39, 0.29) is 11.3 Å². The number of nitrogens with zero attached hydrogens (tertiary/aromatic N) is 1. The van der Waals surface area contributed by atoms with Gasteiger partial charge < -0.3 is 9.67 Å². The van der Waals surface area contributed by atoms with Crippen molar-refractivity contribution in [3.05, 3.63) is 67.8 Å². The first-order valence-electron chi connectivity index (χ1n) is 7.17. The Hall–Kier alpha value is -2.44. The fourth-order valence-corrected chi connectivity index (χ4v) is 3.74. The minimum absolute atomic E-state index is 0.258. The molecule has 0 aliphatic carbocycles. The normalized spacial score (nSPS) is 10.9. The third-order valence-electron chi connectivity index (χ3n) is 3.70. The lowest BCUT2D eigenvalue weighted by molar-refractivity contribution is 0.0695. The largest absolute Gasteiger partial charge is 0.477 e. The molecule has 3 rings (SSSR count). The molecule has 2 N–H and O–H groups in total. The number of aromatic nitrogens is 1. The van der Waals surface area contributed by atoms with Gasteiger partial charge in [-0.25, -0.2) is 4.79 Å². The van der Waals surface area contributed by atoms with E-state index in [2.05, 4.69) is 0 Å². The predicted molar refractivity (Wildman–Crippen MR) is 96.1 cm³/mol. The van der Waals surface area contributed by atoms with Gasteiger partial charge in [0.1, 0.15) is 10.4 Å². The van der Waals surface area contributed by atoms with Crippen LogP contribution in [0.15, 0.2) is 41.3 Å². The van der Waals surface area contributed by atoms with E-state index in [1.165, 1.54) is 17.5 Å². The SMILES string of the molecule is CCn1cc(C(=O)O)c(=O)c2cc(C(=N)c3ccc(Cl)cc3)sc21. The van der Waals surface area contributed by atoms with Gasteiger partial charge >= 0.3 is 5.97 Å². The van der Waals surface area contributed by atoms with Crippen molar-refractivity contribution in [1.82, 2.24) is 4.57 Å². The first kappa shape index (κ1) is 16.4. The molecule has 0 saturated carbocycles. The van der Waals surface area contributed by atoms with Gasteiger partial charge in [-0.05, 0) is 25.1 Å². The number of aromatic carboxylic acids is 1. The van der Waals surface area contributed by atoms with Crippen molar-refractivity contribution in [2.75, 3.05) is 0 Å². The number of halogens is 1. The van der Waals surface area contributed by atoms with Crippen LogP contribution in [0.2, 0.25) is 5.02 Å². The molecule has 0 amide bonds. The van der Waals surface area contributed by atoms with Crippen molar-refractivity contribution in [1.29, 1.82) is 5.41 Å². The monoisotopic (exact) mass is 360 g/mol. The maximum atomic E-state index is 12.4. The summed E-state index contributed by atoms with van der Waals surface area (Å²) in [6, 6.07) is 8.48. The molecule has 1 aromatic carbocycles. The van der Waals surface area contributed by atoms with Crippen LogP contribution >= 0.6 is 22.9 Å². The van der Waals surface area contributed by atoms with Gasteiger partial charge in [0.05, 0.1) is 16.0 Å². The maximum Gasteiger partial charge on any atom is 0.341 e. The van der Waals surface area contributed by atoms with E-state index in [9.17, 15) is 14.7 Å². The highest BCUT2D eigenvalue weighted by atomic mass is 35.5. The van der Waals surface area contributed by atoms with Crippen molar-refractivity contribution in [3.8, 4) is 0 Å². The number of rotatable bonds is 4. The van der Waals surface area contributed by atoms with Gasteiger partial charge in [-0.2, -0.15) is 0 Å². The van der Waals surface area contributed by atoms with Gasteiger partial charge in [0.2, 0.25) is 5.43 Å². The van der Waals surface area contributed by atoms with Gasteiger partial charge in [-0.1, -0.05) is 23.7 Å². The van der Waals surface area contributed by atoms with Crippen molar-refractivity contribution in [2.45, 2.75) is 13.5 Å². The summed E-state index contributed by atoms with van der Waals surface area (Å²) in [5, 5.41) is 18.5. The first-order valence-corrected chi connectivity index (χ1v) is 8.37. The Morgan fingerprint density at radius 2 is 2.00 bits per heavy atom. The lowest BCUT2D eigenvalue weighted by Crippen LogP contribution is -2.17. The fraction of sp³-hybridized carbons (Fsp3) is 0.118. The van der Waals surface area contributed by atoms with Crippen LogP contribution in [0.1, 0.15) is 27.7 Å². The quantitative estimate of drug-likeness (QED) is 0.693. The Morgan fingerprint density at radius 3 is 2.58 bits per heavy atom. The summed E-state index contributed by atoms with van der Waals surface area (Å²) in [6.07, 6.45) is 1.36. The summed E-state index contributed by atoms with van der Waals surface area (Å²) < 4.78 is 1.73. The van der Waals surface area contributed by atoms with Crippen LogP contribution < -0.4 is 5.43 Å². The predicted octanol–water partition coefficient (Wildman–Crippen LogP) is 3.85. The molecule has 0 bridgehead atoms. The minimum atomic E-state index is -1.25. The van der Waals surface area contributed by atoms with Crippen molar-refractivity contribution in [2.24, 2.45) is 0 Å². The number of carbonyl (C=O) groups is 1. The summed E-state index contributed by atoms with van der Waals surface area (Å²) >= 11 is 7.17. The second-order valence-electron chi connectivity index (χ2n) is 5.17. The number of hydrogen-bond acceptors (Lipinski definition) is 4. The average molecular weight is 361 g/mol. The first-order chi connectivity index (χ1) is 11.4. The van der Waals surface area contributed by atoms with E-state index in [0.717, 1.165) is 0 Å². The fourth-order valence-electron chi connectivity index (χ4n) is 2.44. The van der Waals surface area contributed by atoms with Crippen LogP contribution in [0, 0.1) is 5.41 Å². The van der Waals surface area contributed by atoms with Gasteiger partial charge in [0, 0.05) is 23.3 Å². The lowest BCUT2D eigenvalue weighted by Gasteiger charge is -2.05. The van der Waals surface area contributed by atoms with Crippen LogP contribution in [0.3, 0.4) is 0 Å². The number of fused-ring (bicyclic) bond motifs is 1. The molecular formula is C17H13ClN2O3S. The maximum absolute atomic E-state index is 12.4. The van der Waals surface area contributed by atoms with Crippen LogP contribution in [-0.2, 0) is 6.54 Å². The Labute approximate surface area is 146 Å². The molecule has 2 heterocycles. The number of pyridine rings is 1. The molecule has 0 spiro atoms. The number of nitrogens with one attached hydrogen (secondary N) is 1. The van der Waals surface area contributed by atoms with E-state index in [1.807, 2.05) is 6.92 Å². The highest BCUT2D eigenvalue weighted by Crippen LogP contribution is 2.26. The third-order valence-corrected chi connectivity index (χ3v) is 5.14. The molecule has 122 valence electrons. The molecule has 0 aliphatic rings. The van der Waals surface area contributed by atoms with E-state index in [4.69, 9.17) is 17.0 Å². The molecule has 0 fully saturated rings. The van der Waals surface area contributed by atoms with Crippen molar-refractivity contribution < 1.29 is 9.90 Å². The van der Waals surface area contributed by atoms with Crippen LogP contribution in [-0.4, -0.2) is 21.4 Å². The Balaban J connectivity index is 2.19. The number of carboxylic acid groups (broad SMARTS) is 1. The number of thiophene rings is 1. The number of aryl methyl sites for hydroxylation is 1. The Bertz CT molecular complexity index is 1020. The van der Waals surface area contributed by atoms with Crippen molar-refractivity contribution in [3.63, 3.8) is 0 Å². The van der Waals surface area contributed by atoms with Crippen LogP contribution in [0.5, 0.6) is 0 Å². The zero-order valence-electron chi connectivity index (χ0n) is 12.7. The van der Waals surface area contributed by atoms with E-state index in [1.54, 1.807) is 34.9 Å². The average Bonchev–Trinajstić information content (AvgIpc) is 3.01. The van der Waals surface area contributed by atoms with Crippen molar-refractivity contribution >= 4 is 44.8 Å². The second-order valence-corrected chi connectivity index (χ2v) is 6.64. The Kier molecular flexibility index (Phi) is 4.26. The molecule has 5 nitrogen and oxygen atoms in total. The zero-order chi connectivity index (χ0) is 17.4. The number of benzene rings is 1. The molecule has 7 heteroatoms. The number of carboxylic acids is 1. The zero-order valence-corrected chi connectivity index (χ0v) is 14.2. The third kappa shape index (κ3) is 2.74. The van der Waals surface area contributed by atoms with Gasteiger partial charge in [0.25, 0.3) is 0 Å². The van der Waals surface area contributed by atoms with Gasteiger partial charge in [-0.3, -0.25) is 10.2 Å². The van der Waals surface area contributed by atoms with Gasteiger partial charge in [-0.15, -0.1) is 11.3 Å². The molecule has 3 aromatic rings. The molecule has 0 saturated heterocycles. The summed E-state index contributed by atoms with van der Waals surface area (Å²) in [5.74, 6) is -1.25. The van der Waals surface area contributed by atoms with Crippen LogP contribution in [0.25, 0.3) is 10.2 Å². The Morgan fingerprint density at radius 1 is 1.33 bits per heavy atom.